The molecule has 0 bridgehead atoms. The number of hydrogen-bond donors (Lipinski definition) is 2. The monoisotopic (exact) mass is 385 g/mol. The third-order valence-electron chi connectivity index (χ3n) is 5.02. The van der Waals surface area contributed by atoms with E-state index in [0.717, 1.165) is 32.9 Å². The molecule has 4 rings (SSSR count). The molecule has 0 atom stereocenters. The van der Waals surface area contributed by atoms with Crippen molar-refractivity contribution < 1.29 is 24.5 Å². The molecule has 3 heterocycles. The van der Waals surface area contributed by atoms with Crippen LogP contribution in [-0.4, -0.2) is 40.3 Å². The summed E-state index contributed by atoms with van der Waals surface area (Å²) in [4.78, 5) is 25.0. The van der Waals surface area contributed by atoms with Gasteiger partial charge in [0.05, 0.1) is 6.42 Å². The zero-order valence-electron chi connectivity index (χ0n) is 14.6. The first-order valence-electron chi connectivity index (χ1n) is 8.77. The number of hydrogen-bond acceptors (Lipinski definition) is 4. The van der Waals surface area contributed by atoms with Gasteiger partial charge >= 0.3 is 12.1 Å². The first-order valence-corrected chi connectivity index (χ1v) is 9.65. The van der Waals surface area contributed by atoms with E-state index in [9.17, 15) is 14.7 Å². The number of piperidine rings is 1. The summed E-state index contributed by atoms with van der Waals surface area (Å²) < 4.78 is 5.99. The summed E-state index contributed by atoms with van der Waals surface area (Å²) in [5, 5.41) is 20.4. The minimum Gasteiger partial charge on any atom is -0.488 e. The summed E-state index contributed by atoms with van der Waals surface area (Å²) >= 11 is 1.65. The average Bonchev–Trinajstić information content (AvgIpc) is 3.04. The van der Waals surface area contributed by atoms with E-state index in [2.05, 4.69) is 6.07 Å². The second-order valence-electron chi connectivity index (χ2n) is 6.71. The molecule has 7 heteroatoms. The second kappa shape index (κ2) is 7.08. The Morgan fingerprint density at radius 1 is 1.15 bits per heavy atom. The Labute approximate surface area is 160 Å². The van der Waals surface area contributed by atoms with Gasteiger partial charge in [0.25, 0.3) is 0 Å². The van der Waals surface area contributed by atoms with Crippen LogP contribution in [0.2, 0.25) is 0 Å². The van der Waals surface area contributed by atoms with Crippen LogP contribution in [0.3, 0.4) is 0 Å². The number of rotatable bonds is 2. The van der Waals surface area contributed by atoms with Crippen molar-refractivity contribution in [1.29, 1.82) is 0 Å². The largest absolute Gasteiger partial charge is 0.488 e. The summed E-state index contributed by atoms with van der Waals surface area (Å²) in [5.41, 5.74) is 5.04. The van der Waals surface area contributed by atoms with Gasteiger partial charge in [0.2, 0.25) is 0 Å². The molecule has 1 amide bonds. The fraction of sp³-hybridized carbons (Fsp3) is 0.300. The van der Waals surface area contributed by atoms with E-state index in [-0.39, 0.29) is 6.42 Å². The van der Waals surface area contributed by atoms with Gasteiger partial charge in [-0.3, -0.25) is 4.79 Å². The van der Waals surface area contributed by atoms with Gasteiger partial charge in [0.1, 0.15) is 12.4 Å². The molecule has 2 aromatic rings. The SMILES string of the molecule is O=C(O)Cc1ccc2c(c1)C(=C1CCN(C(=O)O)CC1)c1sccc1CO2. The quantitative estimate of drug-likeness (QED) is 0.820. The number of benzene rings is 1. The number of ether oxygens (including phenoxy) is 1. The van der Waals surface area contributed by atoms with E-state index in [1.807, 2.05) is 17.5 Å². The number of carboxylic acids is 1. The van der Waals surface area contributed by atoms with Crippen molar-refractivity contribution in [2.24, 2.45) is 0 Å². The van der Waals surface area contributed by atoms with Crippen molar-refractivity contribution >= 4 is 29.0 Å². The lowest BCUT2D eigenvalue weighted by Gasteiger charge is -2.28. The van der Waals surface area contributed by atoms with Gasteiger partial charge in [-0.25, -0.2) is 4.79 Å². The number of likely N-dealkylation sites (tertiary alicyclic amines) is 1. The summed E-state index contributed by atoms with van der Waals surface area (Å²) in [5.74, 6) is -0.124. The molecule has 2 aliphatic heterocycles. The molecule has 0 radical (unpaired) electrons. The standard InChI is InChI=1S/C20H19NO5S/c22-17(23)10-12-1-2-16-15(9-12)18(19-14(11-26-16)5-8-27-19)13-3-6-21(7-4-13)20(24)25/h1-2,5,8-9H,3-4,6-7,10-11H2,(H,22,23)(H,24,25). The third-order valence-corrected chi connectivity index (χ3v) is 5.99. The molecule has 0 unspecified atom stereocenters. The summed E-state index contributed by atoms with van der Waals surface area (Å²) in [6.07, 6.45) is 0.410. The number of carbonyl (C=O) groups is 2. The van der Waals surface area contributed by atoms with E-state index in [1.165, 1.54) is 10.5 Å². The summed E-state index contributed by atoms with van der Waals surface area (Å²) in [6, 6.07) is 7.60. The lowest BCUT2D eigenvalue weighted by Crippen LogP contribution is -2.35. The molecule has 6 nitrogen and oxygen atoms in total. The Kier molecular flexibility index (Phi) is 4.61. The van der Waals surface area contributed by atoms with Crippen molar-refractivity contribution in [3.05, 3.63) is 56.8 Å². The minimum atomic E-state index is -0.885. The molecule has 1 aromatic carbocycles. The highest BCUT2D eigenvalue weighted by Gasteiger charge is 2.27. The fourth-order valence-electron chi connectivity index (χ4n) is 3.70. The molecule has 2 aliphatic rings. The predicted octanol–water partition coefficient (Wildman–Crippen LogP) is 3.84. The predicted molar refractivity (Wildman–Crippen MR) is 101 cm³/mol. The van der Waals surface area contributed by atoms with Gasteiger partial charge in [-0.05, 0) is 42.0 Å². The van der Waals surface area contributed by atoms with Crippen LogP contribution < -0.4 is 4.74 Å². The highest BCUT2D eigenvalue weighted by atomic mass is 32.1. The lowest BCUT2D eigenvalue weighted by molar-refractivity contribution is -0.136. The van der Waals surface area contributed by atoms with Crippen molar-refractivity contribution in [3.8, 4) is 5.75 Å². The Morgan fingerprint density at radius 2 is 1.93 bits per heavy atom. The summed E-state index contributed by atoms with van der Waals surface area (Å²) in [6.45, 7) is 1.42. The number of aliphatic carboxylic acids is 1. The maximum Gasteiger partial charge on any atom is 0.407 e. The van der Waals surface area contributed by atoms with Crippen LogP contribution in [0.1, 0.15) is 34.4 Å². The first-order chi connectivity index (χ1) is 13.0. The van der Waals surface area contributed by atoms with Crippen LogP contribution in [0.15, 0.2) is 35.2 Å². The highest BCUT2D eigenvalue weighted by molar-refractivity contribution is 7.11. The molecule has 0 spiro atoms. The number of thiophene rings is 1. The fourth-order valence-corrected chi connectivity index (χ4v) is 4.72. The molecule has 27 heavy (non-hydrogen) atoms. The molecule has 1 fully saturated rings. The molecule has 0 aliphatic carbocycles. The minimum absolute atomic E-state index is 0.0417. The van der Waals surface area contributed by atoms with Gasteiger partial charge in [-0.15, -0.1) is 11.3 Å². The first kappa shape index (κ1) is 17.6. The van der Waals surface area contributed by atoms with E-state index in [0.29, 0.717) is 32.5 Å². The van der Waals surface area contributed by atoms with Gasteiger partial charge in [-0.1, -0.05) is 11.6 Å². The Balaban J connectivity index is 1.82. The summed E-state index contributed by atoms with van der Waals surface area (Å²) in [7, 11) is 0. The lowest BCUT2D eigenvalue weighted by atomic mass is 9.90. The van der Waals surface area contributed by atoms with Crippen LogP contribution in [0, 0.1) is 0 Å². The topological polar surface area (TPSA) is 87.1 Å². The van der Waals surface area contributed by atoms with E-state index in [4.69, 9.17) is 9.84 Å². The third kappa shape index (κ3) is 3.42. The number of nitrogens with zero attached hydrogens (tertiary/aromatic N) is 1. The Hall–Kier alpha value is -2.80. The maximum atomic E-state index is 11.2. The molecular formula is C20H19NO5S. The van der Waals surface area contributed by atoms with Gasteiger partial charge < -0.3 is 19.8 Å². The van der Waals surface area contributed by atoms with E-state index >= 15 is 0 Å². The van der Waals surface area contributed by atoms with E-state index < -0.39 is 12.1 Å². The number of fused-ring (bicyclic) bond motifs is 2. The highest BCUT2D eigenvalue weighted by Crippen LogP contribution is 2.43. The normalized spacial score (nSPS) is 16.2. The van der Waals surface area contributed by atoms with Gasteiger partial charge in [0, 0.05) is 34.7 Å². The van der Waals surface area contributed by atoms with Gasteiger partial charge in [0.15, 0.2) is 0 Å². The van der Waals surface area contributed by atoms with Crippen LogP contribution in [0.5, 0.6) is 5.75 Å². The number of carboxylic acid groups (broad SMARTS) is 2. The number of amides is 1. The average molecular weight is 385 g/mol. The maximum absolute atomic E-state index is 11.2. The molecule has 1 saturated heterocycles. The Morgan fingerprint density at radius 3 is 2.63 bits per heavy atom. The molecule has 2 N–H and O–H groups in total. The molecule has 0 saturated carbocycles. The van der Waals surface area contributed by atoms with Crippen molar-refractivity contribution in [2.45, 2.75) is 25.9 Å². The van der Waals surface area contributed by atoms with Crippen molar-refractivity contribution in [1.82, 2.24) is 4.90 Å². The van der Waals surface area contributed by atoms with Gasteiger partial charge in [-0.2, -0.15) is 0 Å². The zero-order chi connectivity index (χ0) is 19.0. The van der Waals surface area contributed by atoms with Crippen LogP contribution in [-0.2, 0) is 17.8 Å². The van der Waals surface area contributed by atoms with Crippen LogP contribution in [0.4, 0.5) is 4.79 Å². The van der Waals surface area contributed by atoms with Crippen LogP contribution in [0.25, 0.3) is 5.57 Å². The van der Waals surface area contributed by atoms with Crippen molar-refractivity contribution in [2.75, 3.05) is 13.1 Å². The Bertz CT molecular complexity index is 936. The smallest absolute Gasteiger partial charge is 0.407 e. The van der Waals surface area contributed by atoms with E-state index in [1.54, 1.807) is 17.4 Å². The molecule has 1 aromatic heterocycles. The second-order valence-corrected chi connectivity index (χ2v) is 7.63. The van der Waals surface area contributed by atoms with Crippen LogP contribution >= 0.6 is 11.3 Å². The molecular weight excluding hydrogens is 366 g/mol. The molecule has 140 valence electrons. The van der Waals surface area contributed by atoms with Crippen molar-refractivity contribution in [3.63, 3.8) is 0 Å². The zero-order valence-corrected chi connectivity index (χ0v) is 15.4.